The van der Waals surface area contributed by atoms with E-state index >= 15 is 0 Å². The number of halogens is 3. The summed E-state index contributed by atoms with van der Waals surface area (Å²) in [5.41, 5.74) is 1.13. The van der Waals surface area contributed by atoms with Crippen molar-refractivity contribution in [3.63, 3.8) is 0 Å². The lowest BCUT2D eigenvalue weighted by Crippen LogP contribution is -2.28. The molecular formula is C16H14Cl2FNO. The molecule has 0 spiro atoms. The van der Waals surface area contributed by atoms with Gasteiger partial charge in [-0.05, 0) is 36.8 Å². The summed E-state index contributed by atoms with van der Waals surface area (Å²) in [7, 11) is 0. The maximum Gasteiger partial charge on any atom is 0.225 e. The zero-order valence-electron chi connectivity index (χ0n) is 11.4. The average molecular weight is 326 g/mol. The van der Waals surface area contributed by atoms with E-state index in [0.29, 0.717) is 5.02 Å². The molecule has 1 N–H and O–H groups in total. The van der Waals surface area contributed by atoms with Crippen molar-refractivity contribution in [2.45, 2.75) is 19.4 Å². The summed E-state index contributed by atoms with van der Waals surface area (Å²) < 4.78 is 13.6. The lowest BCUT2D eigenvalue weighted by molar-refractivity contribution is -0.121. The normalized spacial score (nSPS) is 12.0. The van der Waals surface area contributed by atoms with Crippen molar-refractivity contribution < 1.29 is 9.18 Å². The van der Waals surface area contributed by atoms with Crippen LogP contribution in [0.25, 0.3) is 0 Å². The van der Waals surface area contributed by atoms with Gasteiger partial charge in [0.25, 0.3) is 0 Å². The lowest BCUT2D eigenvalue weighted by atomic mass is 10.1. The van der Waals surface area contributed by atoms with Crippen LogP contribution in [0.4, 0.5) is 4.39 Å². The lowest BCUT2D eigenvalue weighted by Gasteiger charge is -2.15. The fourth-order valence-electron chi connectivity index (χ4n) is 1.99. The second kappa shape index (κ2) is 6.92. The molecule has 0 unspecified atom stereocenters. The van der Waals surface area contributed by atoms with Gasteiger partial charge in [0.05, 0.1) is 12.5 Å². The first-order valence-electron chi connectivity index (χ1n) is 6.45. The van der Waals surface area contributed by atoms with Gasteiger partial charge in [-0.15, -0.1) is 0 Å². The van der Waals surface area contributed by atoms with Crippen molar-refractivity contribution in [1.29, 1.82) is 0 Å². The Labute approximate surface area is 132 Å². The van der Waals surface area contributed by atoms with Crippen molar-refractivity contribution in [2.24, 2.45) is 0 Å². The molecule has 0 saturated carbocycles. The summed E-state index contributed by atoms with van der Waals surface area (Å²) in [5, 5.41) is 3.70. The van der Waals surface area contributed by atoms with Gasteiger partial charge in [0.2, 0.25) is 5.91 Å². The first kappa shape index (κ1) is 15.8. The van der Waals surface area contributed by atoms with Gasteiger partial charge in [-0.1, -0.05) is 41.4 Å². The van der Waals surface area contributed by atoms with Crippen molar-refractivity contribution in [3.05, 3.63) is 69.5 Å². The molecule has 21 heavy (non-hydrogen) atoms. The smallest absolute Gasteiger partial charge is 0.225 e. The van der Waals surface area contributed by atoms with E-state index in [-0.39, 0.29) is 29.0 Å². The second-order valence-corrected chi connectivity index (χ2v) is 5.56. The molecule has 0 bridgehead atoms. The van der Waals surface area contributed by atoms with E-state index < -0.39 is 5.82 Å². The number of carbonyl (C=O) groups excluding carboxylic acids is 1. The Hall–Kier alpha value is -1.58. The van der Waals surface area contributed by atoms with Gasteiger partial charge in [-0.2, -0.15) is 0 Å². The van der Waals surface area contributed by atoms with Crippen LogP contribution in [0.1, 0.15) is 24.1 Å². The van der Waals surface area contributed by atoms with Crippen molar-refractivity contribution in [2.75, 3.05) is 0 Å². The Morgan fingerprint density at radius 3 is 2.48 bits per heavy atom. The predicted octanol–water partition coefficient (Wildman–Crippen LogP) is 4.55. The van der Waals surface area contributed by atoms with Gasteiger partial charge in [0.15, 0.2) is 0 Å². The van der Waals surface area contributed by atoms with E-state index in [0.717, 1.165) is 5.56 Å². The maximum atomic E-state index is 13.6. The van der Waals surface area contributed by atoms with Crippen molar-refractivity contribution >= 4 is 29.1 Å². The molecule has 2 aromatic rings. The van der Waals surface area contributed by atoms with E-state index in [2.05, 4.69) is 5.32 Å². The molecule has 1 atom stereocenters. The molecule has 2 rings (SSSR count). The fraction of sp³-hybridized carbons (Fsp3) is 0.188. The van der Waals surface area contributed by atoms with Gasteiger partial charge in [0, 0.05) is 15.6 Å². The highest BCUT2D eigenvalue weighted by Crippen LogP contribution is 2.20. The van der Waals surface area contributed by atoms with Crippen LogP contribution >= 0.6 is 23.2 Å². The monoisotopic (exact) mass is 325 g/mol. The molecule has 5 heteroatoms. The quantitative estimate of drug-likeness (QED) is 0.877. The summed E-state index contributed by atoms with van der Waals surface area (Å²) in [5.74, 6) is -0.763. The summed E-state index contributed by atoms with van der Waals surface area (Å²) >= 11 is 11.7. The minimum absolute atomic E-state index is 0.0938. The van der Waals surface area contributed by atoms with E-state index in [1.54, 1.807) is 18.2 Å². The fourth-order valence-corrected chi connectivity index (χ4v) is 2.34. The number of carbonyl (C=O) groups is 1. The van der Waals surface area contributed by atoms with Crippen molar-refractivity contribution in [1.82, 2.24) is 5.32 Å². The molecule has 0 heterocycles. The third kappa shape index (κ3) is 4.19. The molecule has 2 aromatic carbocycles. The summed E-state index contributed by atoms with van der Waals surface area (Å²) in [6, 6.07) is 11.4. The first-order chi connectivity index (χ1) is 9.97. The molecule has 110 valence electrons. The first-order valence-corrected chi connectivity index (χ1v) is 7.20. The Balaban J connectivity index is 2.03. The number of benzene rings is 2. The second-order valence-electron chi connectivity index (χ2n) is 4.72. The minimum atomic E-state index is -0.475. The van der Waals surface area contributed by atoms with E-state index in [1.807, 2.05) is 19.1 Å². The predicted molar refractivity (Wildman–Crippen MR) is 83.1 cm³/mol. The zero-order chi connectivity index (χ0) is 15.4. The molecule has 0 aromatic heterocycles. The third-order valence-corrected chi connectivity index (χ3v) is 3.75. The SMILES string of the molecule is C[C@H](NC(=O)Cc1c(F)cccc1Cl)c1ccc(Cl)cc1. The van der Waals surface area contributed by atoms with E-state index in [4.69, 9.17) is 23.2 Å². The summed E-state index contributed by atoms with van der Waals surface area (Å²) in [4.78, 5) is 12.0. The van der Waals surface area contributed by atoms with Crippen LogP contribution in [0.3, 0.4) is 0 Å². The highest BCUT2D eigenvalue weighted by molar-refractivity contribution is 6.31. The Morgan fingerprint density at radius 1 is 1.19 bits per heavy atom. The Kier molecular flexibility index (Phi) is 5.21. The Morgan fingerprint density at radius 2 is 1.86 bits per heavy atom. The molecule has 0 radical (unpaired) electrons. The molecule has 1 amide bonds. The molecule has 0 aliphatic carbocycles. The van der Waals surface area contributed by atoms with Crippen LogP contribution < -0.4 is 5.32 Å². The van der Waals surface area contributed by atoms with Crippen LogP contribution in [0.2, 0.25) is 10.0 Å². The summed E-state index contributed by atoms with van der Waals surface area (Å²) in [6.45, 7) is 1.85. The summed E-state index contributed by atoms with van der Waals surface area (Å²) in [6.07, 6.45) is -0.0938. The molecule has 0 fully saturated rings. The van der Waals surface area contributed by atoms with Gasteiger partial charge in [-0.25, -0.2) is 4.39 Å². The highest BCUT2D eigenvalue weighted by Gasteiger charge is 2.14. The number of hydrogen-bond donors (Lipinski definition) is 1. The van der Waals surface area contributed by atoms with Gasteiger partial charge in [0.1, 0.15) is 5.82 Å². The van der Waals surface area contributed by atoms with Crippen LogP contribution in [0, 0.1) is 5.82 Å². The number of rotatable bonds is 4. The maximum absolute atomic E-state index is 13.6. The highest BCUT2D eigenvalue weighted by atomic mass is 35.5. The third-order valence-electron chi connectivity index (χ3n) is 3.15. The van der Waals surface area contributed by atoms with Crippen LogP contribution in [-0.2, 0) is 11.2 Å². The molecule has 2 nitrogen and oxygen atoms in total. The molecule has 0 aliphatic rings. The van der Waals surface area contributed by atoms with Gasteiger partial charge in [-0.3, -0.25) is 4.79 Å². The van der Waals surface area contributed by atoms with Crippen LogP contribution in [-0.4, -0.2) is 5.91 Å². The minimum Gasteiger partial charge on any atom is -0.349 e. The van der Waals surface area contributed by atoms with Crippen molar-refractivity contribution in [3.8, 4) is 0 Å². The molecule has 0 saturated heterocycles. The topological polar surface area (TPSA) is 29.1 Å². The molecular weight excluding hydrogens is 312 g/mol. The van der Waals surface area contributed by atoms with Gasteiger partial charge < -0.3 is 5.32 Å². The van der Waals surface area contributed by atoms with Crippen LogP contribution in [0.15, 0.2) is 42.5 Å². The van der Waals surface area contributed by atoms with Crippen LogP contribution in [0.5, 0.6) is 0 Å². The number of hydrogen-bond acceptors (Lipinski definition) is 1. The van der Waals surface area contributed by atoms with E-state index in [1.165, 1.54) is 12.1 Å². The number of amides is 1. The standard InChI is InChI=1S/C16H14Cl2FNO/c1-10(11-5-7-12(17)8-6-11)20-16(21)9-13-14(18)3-2-4-15(13)19/h2-8,10H,9H2,1H3,(H,20,21)/t10-/m0/s1. The number of nitrogens with one attached hydrogen (secondary N) is 1. The van der Waals surface area contributed by atoms with Gasteiger partial charge >= 0.3 is 0 Å². The average Bonchev–Trinajstić information content (AvgIpc) is 2.43. The molecule has 0 aliphatic heterocycles. The van der Waals surface area contributed by atoms with E-state index in [9.17, 15) is 9.18 Å². The zero-order valence-corrected chi connectivity index (χ0v) is 12.9. The largest absolute Gasteiger partial charge is 0.349 e. The Bertz CT molecular complexity index is 623.